The monoisotopic (exact) mass is 335 g/mol. The molecule has 20 heavy (non-hydrogen) atoms. The first-order valence-electron chi connectivity index (χ1n) is 6.65. The van der Waals surface area contributed by atoms with E-state index in [-0.39, 0.29) is 11.2 Å². The number of anilines is 1. The van der Waals surface area contributed by atoms with E-state index < -0.39 is 0 Å². The molecule has 2 aromatic rings. The van der Waals surface area contributed by atoms with Gasteiger partial charge in [-0.15, -0.1) is 0 Å². The smallest absolute Gasteiger partial charge is 0.147 e. The molecule has 0 atom stereocenters. The molecule has 0 aliphatic rings. The summed E-state index contributed by atoms with van der Waals surface area (Å²) in [5.74, 6) is -0.245. The fourth-order valence-electron chi connectivity index (χ4n) is 1.98. The Morgan fingerprint density at radius 1 is 1.05 bits per heavy atom. The molecule has 0 spiro atoms. The van der Waals surface area contributed by atoms with Crippen molar-refractivity contribution >= 4 is 21.6 Å². The maximum absolute atomic E-state index is 13.7. The quantitative estimate of drug-likeness (QED) is 0.781. The molecule has 0 fully saturated rings. The third kappa shape index (κ3) is 3.60. The van der Waals surface area contributed by atoms with Crippen LogP contribution in [0.4, 0.5) is 10.1 Å². The van der Waals surface area contributed by atoms with E-state index in [0.717, 1.165) is 10.0 Å². The molecule has 3 heteroatoms. The summed E-state index contributed by atoms with van der Waals surface area (Å²) in [7, 11) is 0. The third-order valence-electron chi connectivity index (χ3n) is 3.25. The number of benzene rings is 2. The van der Waals surface area contributed by atoms with Crippen molar-refractivity contribution < 1.29 is 4.39 Å². The molecular formula is C17H19BrFN. The van der Waals surface area contributed by atoms with Gasteiger partial charge >= 0.3 is 0 Å². The fourth-order valence-corrected chi connectivity index (χ4v) is 2.46. The summed E-state index contributed by atoms with van der Waals surface area (Å²) < 4.78 is 14.4. The topological polar surface area (TPSA) is 12.0 Å². The Kier molecular flexibility index (Phi) is 4.48. The standard InChI is InChI=1S/C17H19BrFN/c1-17(2,3)13-9-7-12(8-10-13)11-20-16-14(18)5-4-6-15(16)19/h4-10,20H,11H2,1-3H3. The zero-order valence-corrected chi connectivity index (χ0v) is 13.6. The van der Waals surface area contributed by atoms with E-state index in [0.29, 0.717) is 12.2 Å². The molecule has 0 aliphatic heterocycles. The van der Waals surface area contributed by atoms with Gasteiger partial charge in [0.1, 0.15) is 5.82 Å². The Morgan fingerprint density at radius 3 is 2.25 bits per heavy atom. The lowest BCUT2D eigenvalue weighted by molar-refractivity contribution is 0.590. The Bertz CT molecular complexity index is 565. The molecule has 0 amide bonds. The van der Waals surface area contributed by atoms with Gasteiger partial charge in [0.2, 0.25) is 0 Å². The van der Waals surface area contributed by atoms with E-state index in [2.05, 4.69) is 66.3 Å². The maximum atomic E-state index is 13.7. The van der Waals surface area contributed by atoms with E-state index >= 15 is 0 Å². The maximum Gasteiger partial charge on any atom is 0.147 e. The van der Waals surface area contributed by atoms with Crippen LogP contribution in [-0.4, -0.2) is 0 Å². The van der Waals surface area contributed by atoms with Gasteiger partial charge in [0, 0.05) is 11.0 Å². The predicted molar refractivity (Wildman–Crippen MR) is 86.6 cm³/mol. The molecule has 2 aromatic carbocycles. The van der Waals surface area contributed by atoms with Gasteiger partial charge in [-0.2, -0.15) is 0 Å². The van der Waals surface area contributed by atoms with Crippen LogP contribution in [0.1, 0.15) is 31.9 Å². The van der Waals surface area contributed by atoms with Crippen LogP contribution >= 0.6 is 15.9 Å². The Hall–Kier alpha value is -1.35. The molecule has 106 valence electrons. The van der Waals surface area contributed by atoms with Crippen LogP contribution in [0.5, 0.6) is 0 Å². The summed E-state index contributed by atoms with van der Waals surface area (Å²) in [6.07, 6.45) is 0. The van der Waals surface area contributed by atoms with Crippen LogP contribution < -0.4 is 5.32 Å². The number of hydrogen-bond donors (Lipinski definition) is 1. The molecule has 0 saturated carbocycles. The molecule has 0 heterocycles. The molecule has 0 bridgehead atoms. The second kappa shape index (κ2) is 5.96. The second-order valence-corrected chi connectivity index (χ2v) is 6.75. The van der Waals surface area contributed by atoms with Gasteiger partial charge in [0.15, 0.2) is 0 Å². The summed E-state index contributed by atoms with van der Waals surface area (Å²) in [6, 6.07) is 13.4. The Balaban J connectivity index is 2.08. The first-order chi connectivity index (χ1) is 9.38. The molecule has 0 saturated heterocycles. The van der Waals surface area contributed by atoms with Crippen LogP contribution in [0.3, 0.4) is 0 Å². The predicted octanol–water partition coefficient (Wildman–Crippen LogP) is 5.50. The first kappa shape index (κ1) is 15.0. The van der Waals surface area contributed by atoms with E-state index in [4.69, 9.17) is 0 Å². The number of hydrogen-bond acceptors (Lipinski definition) is 1. The van der Waals surface area contributed by atoms with E-state index in [9.17, 15) is 4.39 Å². The molecule has 0 aromatic heterocycles. The van der Waals surface area contributed by atoms with Gasteiger partial charge in [-0.3, -0.25) is 0 Å². The summed E-state index contributed by atoms with van der Waals surface area (Å²) in [6.45, 7) is 7.17. The van der Waals surface area contributed by atoms with Crippen LogP contribution in [0, 0.1) is 5.82 Å². The van der Waals surface area contributed by atoms with E-state index in [1.807, 2.05) is 6.07 Å². The SMILES string of the molecule is CC(C)(C)c1ccc(CNc2c(F)cccc2Br)cc1. The lowest BCUT2D eigenvalue weighted by Crippen LogP contribution is -2.11. The average Bonchev–Trinajstić information content (AvgIpc) is 2.37. The van der Waals surface area contributed by atoms with Crippen molar-refractivity contribution in [2.75, 3.05) is 5.32 Å². The van der Waals surface area contributed by atoms with Crippen molar-refractivity contribution in [2.24, 2.45) is 0 Å². The Labute approximate surface area is 128 Å². The third-order valence-corrected chi connectivity index (χ3v) is 3.91. The summed E-state index contributed by atoms with van der Waals surface area (Å²) in [4.78, 5) is 0. The van der Waals surface area contributed by atoms with Gasteiger partial charge in [-0.1, -0.05) is 51.1 Å². The number of rotatable bonds is 3. The minimum absolute atomic E-state index is 0.153. The molecule has 0 aliphatic carbocycles. The van der Waals surface area contributed by atoms with Gasteiger partial charge in [0.05, 0.1) is 5.69 Å². The minimum Gasteiger partial charge on any atom is -0.378 e. The van der Waals surface area contributed by atoms with Crippen molar-refractivity contribution in [1.82, 2.24) is 0 Å². The normalized spacial score (nSPS) is 11.4. The van der Waals surface area contributed by atoms with E-state index in [1.54, 1.807) is 6.07 Å². The van der Waals surface area contributed by atoms with Gasteiger partial charge in [-0.25, -0.2) is 4.39 Å². The van der Waals surface area contributed by atoms with Crippen LogP contribution in [0.25, 0.3) is 0 Å². The highest BCUT2D eigenvalue weighted by Gasteiger charge is 2.13. The molecular weight excluding hydrogens is 317 g/mol. The first-order valence-corrected chi connectivity index (χ1v) is 7.44. The number of para-hydroxylation sites is 1. The zero-order valence-electron chi connectivity index (χ0n) is 12.0. The second-order valence-electron chi connectivity index (χ2n) is 5.90. The van der Waals surface area contributed by atoms with Gasteiger partial charge < -0.3 is 5.32 Å². The van der Waals surface area contributed by atoms with Crippen LogP contribution in [-0.2, 0) is 12.0 Å². The summed E-state index contributed by atoms with van der Waals surface area (Å²) >= 11 is 3.36. The summed E-state index contributed by atoms with van der Waals surface area (Å²) in [5, 5.41) is 3.13. The van der Waals surface area contributed by atoms with E-state index in [1.165, 1.54) is 11.6 Å². The fraction of sp³-hybridized carbons (Fsp3) is 0.294. The average molecular weight is 336 g/mol. The highest BCUT2D eigenvalue weighted by Crippen LogP contribution is 2.26. The number of nitrogens with one attached hydrogen (secondary N) is 1. The van der Waals surface area contributed by atoms with Gasteiger partial charge in [-0.05, 0) is 44.6 Å². The van der Waals surface area contributed by atoms with Crippen molar-refractivity contribution in [2.45, 2.75) is 32.7 Å². The minimum atomic E-state index is -0.245. The molecule has 1 nitrogen and oxygen atoms in total. The Morgan fingerprint density at radius 2 is 1.70 bits per heavy atom. The van der Waals surface area contributed by atoms with Crippen molar-refractivity contribution in [3.63, 3.8) is 0 Å². The largest absolute Gasteiger partial charge is 0.378 e. The zero-order chi connectivity index (χ0) is 14.8. The molecule has 0 radical (unpaired) electrons. The summed E-state index contributed by atoms with van der Waals surface area (Å²) in [5.41, 5.74) is 3.09. The molecule has 0 unspecified atom stereocenters. The highest BCUT2D eigenvalue weighted by atomic mass is 79.9. The van der Waals surface area contributed by atoms with Crippen molar-refractivity contribution in [3.8, 4) is 0 Å². The van der Waals surface area contributed by atoms with Gasteiger partial charge in [0.25, 0.3) is 0 Å². The van der Waals surface area contributed by atoms with Crippen LogP contribution in [0.2, 0.25) is 0 Å². The van der Waals surface area contributed by atoms with Crippen molar-refractivity contribution in [1.29, 1.82) is 0 Å². The molecule has 2 rings (SSSR count). The lowest BCUT2D eigenvalue weighted by Gasteiger charge is -2.19. The van der Waals surface area contributed by atoms with Crippen LogP contribution in [0.15, 0.2) is 46.9 Å². The van der Waals surface area contributed by atoms with Crippen molar-refractivity contribution in [3.05, 3.63) is 63.9 Å². The lowest BCUT2D eigenvalue weighted by atomic mass is 9.87. The highest BCUT2D eigenvalue weighted by molar-refractivity contribution is 9.10. The molecule has 1 N–H and O–H groups in total. The number of halogens is 2.